The lowest BCUT2D eigenvalue weighted by atomic mass is 10.2. The van der Waals surface area contributed by atoms with Gasteiger partial charge in [-0.15, -0.1) is 0 Å². The van der Waals surface area contributed by atoms with Gasteiger partial charge >= 0.3 is 0 Å². The van der Waals surface area contributed by atoms with Crippen LogP contribution in [-0.4, -0.2) is 31.0 Å². The summed E-state index contributed by atoms with van der Waals surface area (Å²) in [5.41, 5.74) is 0.579. The molecule has 1 aromatic rings. The average molecular weight is 276 g/mol. The van der Waals surface area contributed by atoms with Crippen molar-refractivity contribution in [1.29, 1.82) is 0 Å². The number of amides is 1. The molecule has 0 aromatic carbocycles. The van der Waals surface area contributed by atoms with Crippen LogP contribution in [0.1, 0.15) is 16.1 Å². The lowest BCUT2D eigenvalue weighted by Crippen LogP contribution is -2.27. The summed E-state index contributed by atoms with van der Waals surface area (Å²) in [5, 5.41) is 3.55. The van der Waals surface area contributed by atoms with Gasteiger partial charge in [0.2, 0.25) is 0 Å². The molecule has 0 atom stereocenters. The molecular formula is C10H14BrNO3. The second kappa shape index (κ2) is 6.63. The highest BCUT2D eigenvalue weighted by Gasteiger charge is 2.09. The number of ether oxygens (including phenoxy) is 1. The van der Waals surface area contributed by atoms with E-state index in [0.717, 1.165) is 5.33 Å². The second-order valence-corrected chi connectivity index (χ2v) is 3.74. The van der Waals surface area contributed by atoms with E-state index in [1.54, 1.807) is 13.0 Å². The number of hydrogen-bond acceptors (Lipinski definition) is 3. The van der Waals surface area contributed by atoms with Crippen molar-refractivity contribution in [1.82, 2.24) is 5.32 Å². The molecule has 5 heteroatoms. The lowest BCUT2D eigenvalue weighted by Gasteiger charge is -2.04. The smallest absolute Gasteiger partial charge is 0.254 e. The maximum Gasteiger partial charge on any atom is 0.254 e. The summed E-state index contributed by atoms with van der Waals surface area (Å²) in [4.78, 5) is 11.5. The minimum atomic E-state index is -0.122. The fourth-order valence-electron chi connectivity index (χ4n) is 1.11. The van der Waals surface area contributed by atoms with Gasteiger partial charge in [-0.2, -0.15) is 0 Å². The van der Waals surface area contributed by atoms with Crippen molar-refractivity contribution in [3.05, 3.63) is 23.7 Å². The molecule has 0 fully saturated rings. The van der Waals surface area contributed by atoms with Crippen molar-refractivity contribution >= 4 is 21.8 Å². The first kappa shape index (κ1) is 12.3. The van der Waals surface area contributed by atoms with E-state index in [-0.39, 0.29) is 5.91 Å². The van der Waals surface area contributed by atoms with Crippen LogP contribution in [0.2, 0.25) is 0 Å². The van der Waals surface area contributed by atoms with Crippen LogP contribution in [-0.2, 0) is 4.74 Å². The molecule has 0 saturated carbocycles. The molecule has 4 nitrogen and oxygen atoms in total. The van der Waals surface area contributed by atoms with Gasteiger partial charge in [0.25, 0.3) is 5.91 Å². The molecule has 1 rings (SSSR count). The largest absolute Gasteiger partial charge is 0.469 e. The monoisotopic (exact) mass is 275 g/mol. The number of halogens is 1. The fraction of sp³-hybridized carbons (Fsp3) is 0.500. The number of hydrogen-bond donors (Lipinski definition) is 1. The number of aryl methyl sites for hydroxylation is 1. The topological polar surface area (TPSA) is 51.5 Å². The van der Waals surface area contributed by atoms with Crippen LogP contribution in [0.25, 0.3) is 0 Å². The highest BCUT2D eigenvalue weighted by atomic mass is 79.9. The molecule has 0 bridgehead atoms. The van der Waals surface area contributed by atoms with Crippen molar-refractivity contribution in [3.8, 4) is 0 Å². The van der Waals surface area contributed by atoms with E-state index in [9.17, 15) is 4.79 Å². The minimum Gasteiger partial charge on any atom is -0.469 e. The van der Waals surface area contributed by atoms with E-state index >= 15 is 0 Å². The second-order valence-electron chi connectivity index (χ2n) is 2.95. The Morgan fingerprint density at radius 1 is 1.60 bits per heavy atom. The Balaban J connectivity index is 2.22. The minimum absolute atomic E-state index is 0.122. The van der Waals surface area contributed by atoms with E-state index in [1.807, 2.05) is 0 Å². The summed E-state index contributed by atoms with van der Waals surface area (Å²) in [6.07, 6.45) is 1.51. The van der Waals surface area contributed by atoms with Gasteiger partial charge in [-0.05, 0) is 13.0 Å². The van der Waals surface area contributed by atoms with Gasteiger partial charge in [-0.3, -0.25) is 4.79 Å². The lowest BCUT2D eigenvalue weighted by molar-refractivity contribution is 0.0922. The number of rotatable bonds is 6. The molecule has 84 valence electrons. The maximum absolute atomic E-state index is 11.5. The Hall–Kier alpha value is -0.810. The number of furan rings is 1. The van der Waals surface area contributed by atoms with Crippen LogP contribution >= 0.6 is 15.9 Å². The molecule has 1 heterocycles. The first-order chi connectivity index (χ1) is 7.25. The maximum atomic E-state index is 11.5. The quantitative estimate of drug-likeness (QED) is 0.636. The number of carbonyl (C=O) groups is 1. The van der Waals surface area contributed by atoms with E-state index in [1.165, 1.54) is 6.26 Å². The van der Waals surface area contributed by atoms with Gasteiger partial charge in [0.1, 0.15) is 5.76 Å². The molecular weight excluding hydrogens is 262 g/mol. The Bertz CT molecular complexity index is 311. The van der Waals surface area contributed by atoms with Gasteiger partial charge in [0.15, 0.2) is 0 Å². The third kappa shape index (κ3) is 4.05. The van der Waals surface area contributed by atoms with Gasteiger partial charge in [0, 0.05) is 11.9 Å². The standard InChI is InChI=1S/C10H14BrNO3/c1-8-9(2-5-15-8)10(13)12-4-7-14-6-3-11/h2,5H,3-4,6-7H2,1H3,(H,12,13). The molecule has 0 aliphatic carbocycles. The SMILES string of the molecule is Cc1occc1C(=O)NCCOCCBr. The molecule has 1 N–H and O–H groups in total. The van der Waals surface area contributed by atoms with E-state index in [2.05, 4.69) is 21.2 Å². The van der Waals surface area contributed by atoms with Crippen LogP contribution in [0.3, 0.4) is 0 Å². The molecule has 0 unspecified atom stereocenters. The summed E-state index contributed by atoms with van der Waals surface area (Å²) in [7, 11) is 0. The van der Waals surface area contributed by atoms with Crippen LogP contribution in [0.4, 0.5) is 0 Å². The third-order valence-electron chi connectivity index (χ3n) is 1.86. The van der Waals surface area contributed by atoms with Gasteiger partial charge in [-0.25, -0.2) is 0 Å². The van der Waals surface area contributed by atoms with E-state index in [4.69, 9.17) is 9.15 Å². The van der Waals surface area contributed by atoms with Crippen molar-refractivity contribution in [2.75, 3.05) is 25.1 Å². The number of nitrogens with one attached hydrogen (secondary N) is 1. The molecule has 0 spiro atoms. The summed E-state index contributed by atoms with van der Waals surface area (Å²) in [6.45, 7) is 3.45. The molecule has 0 radical (unpaired) electrons. The van der Waals surface area contributed by atoms with Crippen molar-refractivity contribution in [3.63, 3.8) is 0 Å². The number of alkyl halides is 1. The number of carbonyl (C=O) groups excluding carboxylic acids is 1. The van der Waals surface area contributed by atoms with Crippen LogP contribution in [0.15, 0.2) is 16.7 Å². The third-order valence-corrected chi connectivity index (χ3v) is 2.18. The van der Waals surface area contributed by atoms with Crippen molar-refractivity contribution in [2.24, 2.45) is 0 Å². The Kier molecular flexibility index (Phi) is 5.42. The van der Waals surface area contributed by atoms with Gasteiger partial charge < -0.3 is 14.5 Å². The first-order valence-corrected chi connectivity index (χ1v) is 5.84. The molecule has 0 aliphatic rings. The highest BCUT2D eigenvalue weighted by Crippen LogP contribution is 2.07. The summed E-state index contributed by atoms with van der Waals surface area (Å²) < 4.78 is 10.2. The normalized spacial score (nSPS) is 10.3. The van der Waals surface area contributed by atoms with Gasteiger partial charge in [0.05, 0.1) is 25.0 Å². The molecule has 15 heavy (non-hydrogen) atoms. The molecule has 1 amide bonds. The molecule has 1 aromatic heterocycles. The van der Waals surface area contributed by atoms with Gasteiger partial charge in [-0.1, -0.05) is 15.9 Å². The summed E-state index contributed by atoms with van der Waals surface area (Å²) >= 11 is 3.25. The highest BCUT2D eigenvalue weighted by molar-refractivity contribution is 9.09. The van der Waals surface area contributed by atoms with E-state index in [0.29, 0.717) is 31.1 Å². The molecule has 0 saturated heterocycles. The van der Waals surface area contributed by atoms with Crippen molar-refractivity contribution in [2.45, 2.75) is 6.92 Å². The first-order valence-electron chi connectivity index (χ1n) is 4.71. The van der Waals surface area contributed by atoms with Crippen LogP contribution < -0.4 is 5.32 Å². The molecule has 0 aliphatic heterocycles. The Labute approximate surface area is 97.1 Å². The predicted octanol–water partition coefficient (Wildman–Crippen LogP) is 1.73. The summed E-state index contributed by atoms with van der Waals surface area (Å²) in [5.74, 6) is 0.512. The predicted molar refractivity (Wildman–Crippen MR) is 60.4 cm³/mol. The zero-order valence-electron chi connectivity index (χ0n) is 8.59. The fourth-order valence-corrected chi connectivity index (χ4v) is 1.34. The zero-order chi connectivity index (χ0) is 11.1. The average Bonchev–Trinajstić information content (AvgIpc) is 2.64. The van der Waals surface area contributed by atoms with Crippen LogP contribution in [0.5, 0.6) is 0 Å². The Morgan fingerprint density at radius 3 is 3.00 bits per heavy atom. The van der Waals surface area contributed by atoms with Crippen molar-refractivity contribution < 1.29 is 13.9 Å². The van der Waals surface area contributed by atoms with E-state index < -0.39 is 0 Å². The van der Waals surface area contributed by atoms with Crippen LogP contribution in [0, 0.1) is 6.92 Å². The Morgan fingerprint density at radius 2 is 2.40 bits per heavy atom. The summed E-state index contributed by atoms with van der Waals surface area (Å²) in [6, 6.07) is 1.66. The zero-order valence-corrected chi connectivity index (χ0v) is 10.2.